The molecule has 0 rings (SSSR count). The highest BCUT2D eigenvalue weighted by Crippen LogP contribution is 1.71. The first-order chi connectivity index (χ1) is 3.81. The van der Waals surface area contributed by atoms with Gasteiger partial charge in [0.2, 0.25) is 5.91 Å². The summed E-state index contributed by atoms with van der Waals surface area (Å²) in [6, 6.07) is 0. The highest BCUT2D eigenvalue weighted by Gasteiger charge is 1.90. The molecular formula is C5H8NOS. The summed E-state index contributed by atoms with van der Waals surface area (Å²) in [6.07, 6.45) is 1.61. The van der Waals surface area contributed by atoms with Gasteiger partial charge in [-0.15, -0.1) is 6.58 Å². The van der Waals surface area contributed by atoms with Gasteiger partial charge in [0, 0.05) is 6.54 Å². The van der Waals surface area contributed by atoms with Crippen molar-refractivity contribution >= 4 is 18.5 Å². The second kappa shape index (κ2) is 4.71. The molecule has 0 unspecified atom stereocenters. The summed E-state index contributed by atoms with van der Waals surface area (Å²) < 4.78 is 0. The Morgan fingerprint density at radius 2 is 2.50 bits per heavy atom. The first kappa shape index (κ1) is 7.56. The summed E-state index contributed by atoms with van der Waals surface area (Å²) >= 11 is 4.44. The standard InChI is InChI=1S/C5H8NOS/c1-2-3-6-5(7)4-8/h2H,1,3-4H2,(H,6,7). The van der Waals surface area contributed by atoms with Crippen LogP contribution in [-0.2, 0) is 4.79 Å². The summed E-state index contributed by atoms with van der Waals surface area (Å²) in [7, 11) is 0. The highest BCUT2D eigenvalue weighted by atomic mass is 32.1. The van der Waals surface area contributed by atoms with Crippen LogP contribution >= 0.6 is 12.6 Å². The van der Waals surface area contributed by atoms with Crippen molar-refractivity contribution < 1.29 is 4.79 Å². The molecule has 0 atom stereocenters. The molecule has 0 aromatic heterocycles. The van der Waals surface area contributed by atoms with Crippen molar-refractivity contribution in [2.75, 3.05) is 12.3 Å². The molecule has 1 amide bonds. The van der Waals surface area contributed by atoms with Gasteiger partial charge >= 0.3 is 0 Å². The second-order valence-corrected chi connectivity index (χ2v) is 1.53. The summed E-state index contributed by atoms with van der Waals surface area (Å²) in [5.74, 6) is 0.0216. The molecule has 0 saturated carbocycles. The first-order valence-electron chi connectivity index (χ1n) is 2.27. The minimum atomic E-state index is -0.111. The van der Waals surface area contributed by atoms with Crippen molar-refractivity contribution in [3.05, 3.63) is 12.7 Å². The van der Waals surface area contributed by atoms with E-state index in [-0.39, 0.29) is 11.7 Å². The van der Waals surface area contributed by atoms with E-state index in [2.05, 4.69) is 24.5 Å². The second-order valence-electron chi connectivity index (χ2n) is 1.24. The van der Waals surface area contributed by atoms with Crippen LogP contribution in [0.15, 0.2) is 12.7 Å². The fourth-order valence-corrected chi connectivity index (χ4v) is 0.339. The van der Waals surface area contributed by atoms with Gasteiger partial charge in [-0.1, -0.05) is 18.7 Å². The van der Waals surface area contributed by atoms with Crippen LogP contribution in [0.5, 0.6) is 0 Å². The molecule has 0 aromatic carbocycles. The normalized spacial score (nSPS) is 8.12. The molecule has 0 spiro atoms. The average molecular weight is 130 g/mol. The zero-order chi connectivity index (χ0) is 6.41. The minimum absolute atomic E-state index is 0.111. The van der Waals surface area contributed by atoms with Crippen molar-refractivity contribution in [3.8, 4) is 0 Å². The van der Waals surface area contributed by atoms with Gasteiger partial charge in [-0.2, -0.15) is 0 Å². The van der Waals surface area contributed by atoms with Gasteiger partial charge in [-0.25, -0.2) is 0 Å². The fourth-order valence-electron chi connectivity index (χ4n) is 0.237. The number of carbonyl (C=O) groups excluding carboxylic acids is 1. The quantitative estimate of drug-likeness (QED) is 0.553. The molecule has 8 heavy (non-hydrogen) atoms. The van der Waals surface area contributed by atoms with Crippen LogP contribution in [0.4, 0.5) is 0 Å². The lowest BCUT2D eigenvalue weighted by Crippen LogP contribution is -2.23. The number of amides is 1. The van der Waals surface area contributed by atoms with Crippen molar-refractivity contribution in [2.45, 2.75) is 0 Å². The van der Waals surface area contributed by atoms with E-state index in [9.17, 15) is 4.79 Å². The molecule has 0 fully saturated rings. The average Bonchev–Trinajstić information content (AvgIpc) is 1.83. The Balaban J connectivity index is 3.11. The molecule has 0 bridgehead atoms. The van der Waals surface area contributed by atoms with Crippen LogP contribution in [-0.4, -0.2) is 18.2 Å². The maximum absolute atomic E-state index is 10.3. The van der Waals surface area contributed by atoms with Gasteiger partial charge in [0.05, 0.1) is 5.75 Å². The third-order valence-electron chi connectivity index (χ3n) is 0.575. The molecule has 0 aliphatic carbocycles. The Hall–Kier alpha value is -0.440. The third-order valence-corrected chi connectivity index (χ3v) is 0.837. The molecule has 0 heterocycles. The third kappa shape index (κ3) is 3.74. The SMILES string of the molecule is C=CCNC(=O)C[S]. The van der Waals surface area contributed by atoms with E-state index in [4.69, 9.17) is 0 Å². The van der Waals surface area contributed by atoms with Crippen LogP contribution < -0.4 is 5.32 Å². The number of hydrogen-bond acceptors (Lipinski definition) is 1. The summed E-state index contributed by atoms with van der Waals surface area (Å²) in [5, 5.41) is 2.52. The van der Waals surface area contributed by atoms with Crippen LogP contribution in [0.3, 0.4) is 0 Å². The molecule has 45 valence electrons. The molecular weight excluding hydrogens is 122 g/mol. The van der Waals surface area contributed by atoms with Gasteiger partial charge in [0.25, 0.3) is 0 Å². The number of carbonyl (C=O) groups is 1. The zero-order valence-corrected chi connectivity index (χ0v) is 5.33. The van der Waals surface area contributed by atoms with Crippen LogP contribution in [0, 0.1) is 0 Å². The Morgan fingerprint density at radius 3 is 2.88 bits per heavy atom. The van der Waals surface area contributed by atoms with Gasteiger partial charge < -0.3 is 5.32 Å². The number of nitrogens with one attached hydrogen (secondary N) is 1. The van der Waals surface area contributed by atoms with Gasteiger partial charge in [0.1, 0.15) is 0 Å². The highest BCUT2D eigenvalue weighted by molar-refractivity contribution is 7.81. The number of hydrogen-bond donors (Lipinski definition) is 1. The lowest BCUT2D eigenvalue weighted by molar-refractivity contribution is -0.118. The zero-order valence-electron chi connectivity index (χ0n) is 4.52. The molecule has 1 N–H and O–H groups in total. The largest absolute Gasteiger partial charge is 0.352 e. The van der Waals surface area contributed by atoms with Crippen molar-refractivity contribution in [1.29, 1.82) is 0 Å². The van der Waals surface area contributed by atoms with Gasteiger partial charge in [0.15, 0.2) is 0 Å². The molecule has 3 heteroatoms. The van der Waals surface area contributed by atoms with E-state index in [1.165, 1.54) is 0 Å². The number of rotatable bonds is 3. The maximum atomic E-state index is 10.3. The summed E-state index contributed by atoms with van der Waals surface area (Å²) in [4.78, 5) is 10.3. The predicted octanol–water partition coefficient (Wildman–Crippen LogP) is 0.486. The van der Waals surface area contributed by atoms with Crippen LogP contribution in [0.25, 0.3) is 0 Å². The van der Waals surface area contributed by atoms with Crippen LogP contribution in [0.2, 0.25) is 0 Å². The topological polar surface area (TPSA) is 29.1 Å². The smallest absolute Gasteiger partial charge is 0.231 e. The molecule has 0 aliphatic heterocycles. The van der Waals surface area contributed by atoms with Crippen molar-refractivity contribution in [2.24, 2.45) is 0 Å². The van der Waals surface area contributed by atoms with E-state index in [1.807, 2.05) is 0 Å². The van der Waals surface area contributed by atoms with E-state index in [0.29, 0.717) is 6.54 Å². The lowest BCUT2D eigenvalue weighted by Gasteiger charge is -1.94. The first-order valence-corrected chi connectivity index (χ1v) is 2.84. The summed E-state index contributed by atoms with van der Waals surface area (Å²) in [6.45, 7) is 3.93. The molecule has 2 nitrogen and oxygen atoms in total. The molecule has 0 saturated heterocycles. The van der Waals surface area contributed by atoms with Crippen molar-refractivity contribution in [3.63, 3.8) is 0 Å². The predicted molar refractivity (Wildman–Crippen MR) is 35.7 cm³/mol. The van der Waals surface area contributed by atoms with Crippen molar-refractivity contribution in [1.82, 2.24) is 5.32 Å². The van der Waals surface area contributed by atoms with E-state index < -0.39 is 0 Å². The molecule has 1 radical (unpaired) electrons. The molecule has 0 aromatic rings. The Labute approximate surface area is 54.4 Å². The van der Waals surface area contributed by atoms with Gasteiger partial charge in [-0.3, -0.25) is 4.79 Å². The Morgan fingerprint density at radius 1 is 1.88 bits per heavy atom. The Kier molecular flexibility index (Phi) is 4.45. The lowest BCUT2D eigenvalue weighted by atomic mass is 10.6. The molecule has 0 aliphatic rings. The minimum Gasteiger partial charge on any atom is -0.352 e. The van der Waals surface area contributed by atoms with Gasteiger partial charge in [-0.05, 0) is 0 Å². The maximum Gasteiger partial charge on any atom is 0.231 e. The van der Waals surface area contributed by atoms with E-state index >= 15 is 0 Å². The fraction of sp³-hybridized carbons (Fsp3) is 0.400. The summed E-state index contributed by atoms with van der Waals surface area (Å²) in [5.41, 5.74) is 0. The Bertz CT molecular complexity index is 92.4. The van der Waals surface area contributed by atoms with E-state index in [0.717, 1.165) is 0 Å². The monoisotopic (exact) mass is 130 g/mol. The van der Waals surface area contributed by atoms with Crippen LogP contribution in [0.1, 0.15) is 0 Å². The van der Waals surface area contributed by atoms with E-state index in [1.54, 1.807) is 6.08 Å².